The standard InChI is InChI=1S/C24H30N4O4/c1-16-5-4-6-17(2)22(16)26-24(30)23(29)25-14-19(28-11-9-27(3)10-12-28)18-7-8-20-21(13-18)32-15-31-20/h4-8,13,19H,9-12,14-15H2,1-3H3,(H,25,29)(H,26,30)/t19-/m1/s1. The van der Waals surface area contributed by atoms with Crippen molar-refractivity contribution in [2.24, 2.45) is 0 Å². The summed E-state index contributed by atoms with van der Waals surface area (Å²) in [4.78, 5) is 29.8. The number of carbonyl (C=O) groups excluding carboxylic acids is 2. The number of amides is 2. The van der Waals surface area contributed by atoms with Crippen LogP contribution in [0.25, 0.3) is 0 Å². The van der Waals surface area contributed by atoms with Gasteiger partial charge in [0, 0.05) is 38.4 Å². The Morgan fingerprint density at radius 3 is 2.38 bits per heavy atom. The first-order valence-corrected chi connectivity index (χ1v) is 10.9. The van der Waals surface area contributed by atoms with Crippen molar-refractivity contribution >= 4 is 17.5 Å². The van der Waals surface area contributed by atoms with Gasteiger partial charge in [0.05, 0.1) is 6.04 Å². The Hall–Kier alpha value is -3.10. The van der Waals surface area contributed by atoms with E-state index in [1.807, 2.05) is 50.2 Å². The van der Waals surface area contributed by atoms with Crippen molar-refractivity contribution in [2.75, 3.05) is 51.9 Å². The van der Waals surface area contributed by atoms with Crippen LogP contribution < -0.4 is 20.1 Å². The normalized spacial score (nSPS) is 17.1. The molecule has 0 aromatic heterocycles. The number of fused-ring (bicyclic) bond motifs is 1. The molecule has 2 heterocycles. The lowest BCUT2D eigenvalue weighted by molar-refractivity contribution is -0.136. The third kappa shape index (κ3) is 4.87. The summed E-state index contributed by atoms with van der Waals surface area (Å²) in [6.45, 7) is 7.99. The van der Waals surface area contributed by atoms with Crippen LogP contribution in [0.1, 0.15) is 22.7 Å². The van der Waals surface area contributed by atoms with Crippen molar-refractivity contribution in [3.63, 3.8) is 0 Å². The summed E-state index contributed by atoms with van der Waals surface area (Å²) in [6, 6.07) is 11.5. The molecule has 2 aliphatic heterocycles. The molecule has 8 heteroatoms. The molecular weight excluding hydrogens is 408 g/mol. The SMILES string of the molecule is Cc1cccc(C)c1NC(=O)C(=O)NC[C@H](c1ccc2c(c1)OCO2)N1CCN(C)CC1. The molecule has 1 fully saturated rings. The van der Waals surface area contributed by atoms with E-state index in [2.05, 4.69) is 27.5 Å². The van der Waals surface area contributed by atoms with E-state index in [9.17, 15) is 9.59 Å². The Labute approximate surface area is 188 Å². The summed E-state index contributed by atoms with van der Waals surface area (Å²) in [7, 11) is 2.10. The summed E-state index contributed by atoms with van der Waals surface area (Å²) in [5, 5.41) is 5.59. The Morgan fingerprint density at radius 2 is 1.66 bits per heavy atom. The maximum Gasteiger partial charge on any atom is 0.313 e. The van der Waals surface area contributed by atoms with Crippen LogP contribution in [-0.2, 0) is 9.59 Å². The molecule has 8 nitrogen and oxygen atoms in total. The molecule has 0 spiro atoms. The lowest BCUT2D eigenvalue weighted by atomic mass is 10.0. The van der Waals surface area contributed by atoms with Crippen LogP contribution in [0.5, 0.6) is 11.5 Å². The molecule has 1 saturated heterocycles. The Balaban J connectivity index is 1.46. The molecule has 2 aromatic carbocycles. The fourth-order valence-corrected chi connectivity index (χ4v) is 4.16. The number of nitrogens with zero attached hydrogens (tertiary/aromatic N) is 2. The number of hydrogen-bond acceptors (Lipinski definition) is 6. The maximum atomic E-state index is 12.6. The van der Waals surface area contributed by atoms with Crippen molar-refractivity contribution in [3.05, 3.63) is 53.1 Å². The highest BCUT2D eigenvalue weighted by molar-refractivity contribution is 6.39. The number of benzene rings is 2. The van der Waals surface area contributed by atoms with Crippen LogP contribution in [0, 0.1) is 13.8 Å². The largest absolute Gasteiger partial charge is 0.454 e. The highest BCUT2D eigenvalue weighted by atomic mass is 16.7. The van der Waals surface area contributed by atoms with Gasteiger partial charge < -0.3 is 25.0 Å². The van der Waals surface area contributed by atoms with Crippen molar-refractivity contribution in [1.82, 2.24) is 15.1 Å². The number of ether oxygens (including phenoxy) is 2. The minimum atomic E-state index is -0.662. The van der Waals surface area contributed by atoms with E-state index in [4.69, 9.17) is 9.47 Å². The molecule has 0 saturated carbocycles. The van der Waals surface area contributed by atoms with Gasteiger partial charge in [0.1, 0.15) is 0 Å². The van der Waals surface area contributed by atoms with E-state index in [0.717, 1.165) is 48.6 Å². The van der Waals surface area contributed by atoms with Crippen molar-refractivity contribution in [1.29, 1.82) is 0 Å². The molecule has 4 rings (SSSR count). The van der Waals surface area contributed by atoms with Crippen LogP contribution >= 0.6 is 0 Å². The zero-order chi connectivity index (χ0) is 22.7. The van der Waals surface area contributed by atoms with Gasteiger partial charge in [-0.05, 0) is 49.7 Å². The van der Waals surface area contributed by atoms with Crippen LogP contribution in [-0.4, -0.2) is 68.2 Å². The smallest absolute Gasteiger partial charge is 0.313 e. The number of hydrogen-bond donors (Lipinski definition) is 2. The minimum absolute atomic E-state index is 0.0739. The molecule has 0 radical (unpaired) electrons. The molecule has 2 aromatic rings. The van der Waals surface area contributed by atoms with E-state index in [-0.39, 0.29) is 12.8 Å². The van der Waals surface area contributed by atoms with Gasteiger partial charge in [0.2, 0.25) is 6.79 Å². The molecule has 1 atom stereocenters. The van der Waals surface area contributed by atoms with E-state index in [1.54, 1.807) is 0 Å². The first kappa shape index (κ1) is 22.1. The number of anilines is 1. The highest BCUT2D eigenvalue weighted by Gasteiger charge is 2.27. The maximum absolute atomic E-state index is 12.6. The molecule has 0 unspecified atom stereocenters. The van der Waals surface area contributed by atoms with Crippen molar-refractivity contribution in [3.8, 4) is 11.5 Å². The molecule has 2 N–H and O–H groups in total. The summed E-state index contributed by atoms with van der Waals surface area (Å²) in [5.41, 5.74) is 3.54. The number of para-hydroxylation sites is 1. The average molecular weight is 439 g/mol. The summed E-state index contributed by atoms with van der Waals surface area (Å²) < 4.78 is 11.0. The predicted octanol–water partition coefficient (Wildman–Crippen LogP) is 2.08. The second kappa shape index (κ2) is 9.58. The predicted molar refractivity (Wildman–Crippen MR) is 122 cm³/mol. The monoisotopic (exact) mass is 438 g/mol. The molecule has 170 valence electrons. The Morgan fingerprint density at radius 1 is 0.969 bits per heavy atom. The number of nitrogens with one attached hydrogen (secondary N) is 2. The van der Waals surface area contributed by atoms with E-state index in [0.29, 0.717) is 18.0 Å². The zero-order valence-corrected chi connectivity index (χ0v) is 18.8. The highest BCUT2D eigenvalue weighted by Crippen LogP contribution is 2.35. The first-order chi connectivity index (χ1) is 15.4. The number of likely N-dealkylation sites (N-methyl/N-ethyl adjacent to an activating group) is 1. The lowest BCUT2D eigenvalue weighted by Gasteiger charge is -2.38. The number of carbonyl (C=O) groups is 2. The van der Waals surface area contributed by atoms with Crippen LogP contribution in [0.2, 0.25) is 0 Å². The minimum Gasteiger partial charge on any atom is -0.454 e. The van der Waals surface area contributed by atoms with Gasteiger partial charge in [-0.3, -0.25) is 14.5 Å². The van der Waals surface area contributed by atoms with Gasteiger partial charge in [0.15, 0.2) is 11.5 Å². The van der Waals surface area contributed by atoms with Crippen LogP contribution in [0.15, 0.2) is 36.4 Å². The molecule has 0 bridgehead atoms. The second-order valence-corrected chi connectivity index (χ2v) is 8.40. The van der Waals surface area contributed by atoms with Gasteiger partial charge in [0.25, 0.3) is 0 Å². The zero-order valence-electron chi connectivity index (χ0n) is 18.8. The van der Waals surface area contributed by atoms with Gasteiger partial charge >= 0.3 is 11.8 Å². The third-order valence-corrected chi connectivity index (χ3v) is 6.14. The number of piperazine rings is 1. The van der Waals surface area contributed by atoms with Gasteiger partial charge in [-0.15, -0.1) is 0 Å². The summed E-state index contributed by atoms with van der Waals surface area (Å²) in [5.74, 6) is 0.126. The van der Waals surface area contributed by atoms with E-state index < -0.39 is 11.8 Å². The number of rotatable bonds is 5. The lowest BCUT2D eigenvalue weighted by Crippen LogP contribution is -2.49. The van der Waals surface area contributed by atoms with Gasteiger partial charge in [-0.1, -0.05) is 24.3 Å². The van der Waals surface area contributed by atoms with Crippen LogP contribution in [0.3, 0.4) is 0 Å². The second-order valence-electron chi connectivity index (χ2n) is 8.40. The van der Waals surface area contributed by atoms with E-state index >= 15 is 0 Å². The fourth-order valence-electron chi connectivity index (χ4n) is 4.16. The van der Waals surface area contributed by atoms with Crippen molar-refractivity contribution in [2.45, 2.75) is 19.9 Å². The first-order valence-electron chi connectivity index (χ1n) is 10.9. The van der Waals surface area contributed by atoms with Crippen molar-refractivity contribution < 1.29 is 19.1 Å². The Bertz CT molecular complexity index is 981. The average Bonchev–Trinajstić information content (AvgIpc) is 3.25. The summed E-state index contributed by atoms with van der Waals surface area (Å²) in [6.07, 6.45) is 0. The fraction of sp³-hybridized carbons (Fsp3) is 0.417. The third-order valence-electron chi connectivity index (χ3n) is 6.14. The molecule has 2 aliphatic rings. The van der Waals surface area contributed by atoms with Gasteiger partial charge in [-0.2, -0.15) is 0 Å². The molecule has 32 heavy (non-hydrogen) atoms. The molecule has 0 aliphatic carbocycles. The molecule has 2 amide bonds. The quantitative estimate of drug-likeness (QED) is 0.696. The summed E-state index contributed by atoms with van der Waals surface area (Å²) >= 11 is 0. The Kier molecular flexibility index (Phi) is 6.62. The number of aryl methyl sites for hydroxylation is 2. The van der Waals surface area contributed by atoms with E-state index in [1.165, 1.54) is 0 Å². The van der Waals surface area contributed by atoms with Gasteiger partial charge in [-0.25, -0.2) is 0 Å². The molecular formula is C24H30N4O4. The van der Waals surface area contributed by atoms with Crippen LogP contribution in [0.4, 0.5) is 5.69 Å². The topological polar surface area (TPSA) is 83.1 Å².